The van der Waals surface area contributed by atoms with Crippen molar-refractivity contribution in [3.8, 4) is 11.5 Å². The maximum atomic E-state index is 12.2. The molecule has 21 heavy (non-hydrogen) atoms. The first-order chi connectivity index (χ1) is 9.90. The lowest BCUT2D eigenvalue weighted by Gasteiger charge is -2.20. The molecule has 118 valence electrons. The lowest BCUT2D eigenvalue weighted by atomic mass is 10.1. The van der Waals surface area contributed by atoms with Crippen molar-refractivity contribution in [3.63, 3.8) is 0 Å². The third-order valence-corrected chi connectivity index (χ3v) is 4.74. The van der Waals surface area contributed by atoms with Gasteiger partial charge in [0.25, 0.3) is 0 Å². The monoisotopic (exact) mass is 317 g/mol. The maximum absolute atomic E-state index is 12.2. The highest BCUT2D eigenvalue weighted by atomic mass is 32.2. The summed E-state index contributed by atoms with van der Waals surface area (Å²) in [6, 6.07) is 4.30. The molecule has 0 aromatic heterocycles. The molecule has 1 aromatic carbocycles. The Morgan fingerprint density at radius 1 is 1.33 bits per heavy atom. The first-order valence-electron chi connectivity index (χ1n) is 6.42. The fourth-order valence-corrected chi connectivity index (χ4v) is 3.17. The molecule has 0 spiro atoms. The normalized spacial score (nSPS) is 22.2. The summed E-state index contributed by atoms with van der Waals surface area (Å²) in [4.78, 5) is 0.0441. The van der Waals surface area contributed by atoms with Crippen LogP contribution in [-0.2, 0) is 14.8 Å². The zero-order valence-corrected chi connectivity index (χ0v) is 12.8. The van der Waals surface area contributed by atoms with E-state index < -0.39 is 15.6 Å². The average molecular weight is 317 g/mol. The lowest BCUT2D eigenvalue weighted by Crippen LogP contribution is -2.43. The molecule has 0 radical (unpaired) electrons. The van der Waals surface area contributed by atoms with E-state index in [1.807, 2.05) is 0 Å². The molecule has 0 bridgehead atoms. The summed E-state index contributed by atoms with van der Waals surface area (Å²) in [5, 5.41) is 10.1. The summed E-state index contributed by atoms with van der Waals surface area (Å²) in [7, 11) is -0.842. The number of methoxy groups -OCH3 is 2. The van der Waals surface area contributed by atoms with Crippen LogP contribution in [-0.4, -0.2) is 53.1 Å². The maximum Gasteiger partial charge on any atom is 0.240 e. The Labute approximate surface area is 123 Å². The van der Waals surface area contributed by atoms with E-state index in [9.17, 15) is 13.5 Å². The molecule has 1 aliphatic rings. The standard InChI is InChI=1S/C13H19NO6S/c1-18-11-4-3-10(7-12(11)19-2)21(16,17)14-8-13(15)5-6-20-9-13/h3-4,7,14-15H,5-6,8-9H2,1-2H3. The molecular formula is C13H19NO6S. The number of sulfonamides is 1. The van der Waals surface area contributed by atoms with Gasteiger partial charge in [-0.1, -0.05) is 0 Å². The van der Waals surface area contributed by atoms with E-state index in [1.165, 1.54) is 32.4 Å². The molecule has 1 heterocycles. The van der Waals surface area contributed by atoms with Gasteiger partial charge >= 0.3 is 0 Å². The lowest BCUT2D eigenvalue weighted by molar-refractivity contribution is 0.0314. The minimum Gasteiger partial charge on any atom is -0.493 e. The van der Waals surface area contributed by atoms with Crippen LogP contribution < -0.4 is 14.2 Å². The van der Waals surface area contributed by atoms with Gasteiger partial charge in [0, 0.05) is 25.6 Å². The number of aliphatic hydroxyl groups is 1. The number of hydrogen-bond acceptors (Lipinski definition) is 6. The highest BCUT2D eigenvalue weighted by Crippen LogP contribution is 2.29. The van der Waals surface area contributed by atoms with Gasteiger partial charge in [0.1, 0.15) is 5.60 Å². The first kappa shape index (κ1) is 16.0. The minimum absolute atomic E-state index is 0.0441. The molecule has 7 nitrogen and oxygen atoms in total. The van der Waals surface area contributed by atoms with Crippen LogP contribution >= 0.6 is 0 Å². The first-order valence-corrected chi connectivity index (χ1v) is 7.90. The predicted octanol–water partition coefficient (Wildman–Crippen LogP) is 0.133. The Hall–Kier alpha value is -1.35. The third kappa shape index (κ3) is 3.65. The molecule has 1 atom stereocenters. The molecule has 1 saturated heterocycles. The van der Waals surface area contributed by atoms with Crippen LogP contribution in [0.5, 0.6) is 11.5 Å². The van der Waals surface area contributed by atoms with Gasteiger partial charge in [0.15, 0.2) is 11.5 Å². The topological polar surface area (TPSA) is 94.1 Å². The van der Waals surface area contributed by atoms with E-state index in [-0.39, 0.29) is 18.0 Å². The van der Waals surface area contributed by atoms with Crippen LogP contribution in [0.2, 0.25) is 0 Å². The summed E-state index contributed by atoms with van der Waals surface area (Å²) in [5.74, 6) is 0.766. The average Bonchev–Trinajstić information content (AvgIpc) is 2.92. The van der Waals surface area contributed by atoms with Crippen molar-refractivity contribution in [2.45, 2.75) is 16.9 Å². The SMILES string of the molecule is COc1ccc(S(=O)(=O)NCC2(O)CCOC2)cc1OC. The Morgan fingerprint density at radius 2 is 2.05 bits per heavy atom. The van der Waals surface area contributed by atoms with Gasteiger partial charge in [-0.05, 0) is 12.1 Å². The Balaban J connectivity index is 2.15. The Morgan fingerprint density at radius 3 is 2.62 bits per heavy atom. The number of rotatable bonds is 6. The molecule has 0 amide bonds. The largest absolute Gasteiger partial charge is 0.493 e. The second-order valence-corrected chi connectivity index (χ2v) is 6.64. The smallest absolute Gasteiger partial charge is 0.240 e. The highest BCUT2D eigenvalue weighted by molar-refractivity contribution is 7.89. The summed E-state index contributed by atoms with van der Waals surface area (Å²) in [6.45, 7) is 0.458. The number of benzene rings is 1. The van der Waals surface area contributed by atoms with Crippen LogP contribution in [0.15, 0.2) is 23.1 Å². The van der Waals surface area contributed by atoms with E-state index in [0.717, 1.165) is 0 Å². The highest BCUT2D eigenvalue weighted by Gasteiger charge is 2.33. The molecule has 0 aliphatic carbocycles. The van der Waals surface area contributed by atoms with Crippen LogP contribution in [0.25, 0.3) is 0 Å². The molecular weight excluding hydrogens is 298 g/mol. The van der Waals surface area contributed by atoms with Crippen molar-refractivity contribution in [2.75, 3.05) is 34.0 Å². The van der Waals surface area contributed by atoms with Crippen molar-refractivity contribution >= 4 is 10.0 Å². The van der Waals surface area contributed by atoms with E-state index in [0.29, 0.717) is 24.5 Å². The summed E-state index contributed by atoms with van der Waals surface area (Å²) < 4.78 is 42.1. The predicted molar refractivity (Wildman–Crippen MR) is 75.1 cm³/mol. The summed E-state index contributed by atoms with van der Waals surface area (Å²) in [5.41, 5.74) is -1.15. The van der Waals surface area contributed by atoms with Crippen LogP contribution in [0.3, 0.4) is 0 Å². The van der Waals surface area contributed by atoms with Crippen molar-refractivity contribution in [3.05, 3.63) is 18.2 Å². The molecule has 8 heteroatoms. The van der Waals surface area contributed by atoms with Gasteiger partial charge in [-0.2, -0.15) is 0 Å². The quantitative estimate of drug-likeness (QED) is 0.775. The van der Waals surface area contributed by atoms with Crippen molar-refractivity contribution in [1.29, 1.82) is 0 Å². The molecule has 1 aromatic rings. The Kier molecular flexibility index (Phi) is 4.72. The van der Waals surface area contributed by atoms with Crippen LogP contribution in [0, 0.1) is 0 Å². The van der Waals surface area contributed by atoms with Gasteiger partial charge in [0.2, 0.25) is 10.0 Å². The van der Waals surface area contributed by atoms with Crippen LogP contribution in [0.4, 0.5) is 0 Å². The van der Waals surface area contributed by atoms with Gasteiger partial charge in [-0.15, -0.1) is 0 Å². The van der Waals surface area contributed by atoms with E-state index in [2.05, 4.69) is 4.72 Å². The van der Waals surface area contributed by atoms with Gasteiger partial charge < -0.3 is 19.3 Å². The third-order valence-electron chi connectivity index (χ3n) is 3.34. The van der Waals surface area contributed by atoms with E-state index >= 15 is 0 Å². The molecule has 1 unspecified atom stereocenters. The molecule has 1 aliphatic heterocycles. The zero-order chi connectivity index (χ0) is 15.5. The number of ether oxygens (including phenoxy) is 3. The summed E-state index contributed by atoms with van der Waals surface area (Å²) in [6.07, 6.45) is 0.404. The van der Waals surface area contributed by atoms with Gasteiger partial charge in [0.05, 0.1) is 25.7 Å². The minimum atomic E-state index is -3.74. The zero-order valence-electron chi connectivity index (χ0n) is 12.0. The number of hydrogen-bond donors (Lipinski definition) is 2. The van der Waals surface area contributed by atoms with Crippen molar-refractivity contribution in [1.82, 2.24) is 4.72 Å². The number of nitrogens with one attached hydrogen (secondary N) is 1. The second-order valence-electron chi connectivity index (χ2n) is 4.87. The van der Waals surface area contributed by atoms with Crippen LogP contribution in [0.1, 0.15) is 6.42 Å². The van der Waals surface area contributed by atoms with Gasteiger partial charge in [-0.3, -0.25) is 0 Å². The molecule has 2 rings (SSSR count). The van der Waals surface area contributed by atoms with E-state index in [1.54, 1.807) is 0 Å². The fourth-order valence-electron chi connectivity index (χ4n) is 2.03. The molecule has 1 fully saturated rings. The van der Waals surface area contributed by atoms with E-state index in [4.69, 9.17) is 14.2 Å². The van der Waals surface area contributed by atoms with Crippen molar-refractivity contribution < 1.29 is 27.7 Å². The Bertz CT molecular complexity index is 595. The second kappa shape index (κ2) is 6.18. The molecule has 2 N–H and O–H groups in total. The fraction of sp³-hybridized carbons (Fsp3) is 0.538. The van der Waals surface area contributed by atoms with Gasteiger partial charge in [-0.25, -0.2) is 13.1 Å². The van der Waals surface area contributed by atoms with Crippen molar-refractivity contribution in [2.24, 2.45) is 0 Å². The summed E-state index contributed by atoms with van der Waals surface area (Å²) >= 11 is 0. The molecule has 0 saturated carbocycles.